The number of carbonyl (C=O) groups is 1. The van der Waals surface area contributed by atoms with E-state index in [0.717, 1.165) is 0 Å². The molecule has 1 unspecified atom stereocenters. The lowest BCUT2D eigenvalue weighted by Crippen LogP contribution is -2.31. The monoisotopic (exact) mass is 230 g/mol. The Balaban J connectivity index is 3.24. The molecule has 0 heterocycles. The Kier molecular flexibility index (Phi) is 3.66. The van der Waals surface area contributed by atoms with Gasteiger partial charge in [-0.2, -0.15) is 0 Å². The van der Waals surface area contributed by atoms with Crippen LogP contribution in [0.25, 0.3) is 0 Å². The van der Waals surface area contributed by atoms with Gasteiger partial charge in [-0.15, -0.1) is 0 Å². The standard InChI is InChI=1S/C10H12ClFN2O/c1-5-3-7(11)6(4-8(5)12)9(14-2)10(13)15/h3-4,9,14H,1-2H3,(H2,13,15). The van der Waals surface area contributed by atoms with E-state index in [2.05, 4.69) is 5.32 Å². The summed E-state index contributed by atoms with van der Waals surface area (Å²) in [6, 6.07) is 1.93. The molecule has 0 aromatic heterocycles. The maximum atomic E-state index is 13.3. The van der Waals surface area contributed by atoms with Crippen molar-refractivity contribution >= 4 is 17.5 Å². The molecule has 0 radical (unpaired) electrons. The highest BCUT2D eigenvalue weighted by atomic mass is 35.5. The second-order valence-electron chi connectivity index (χ2n) is 3.25. The van der Waals surface area contributed by atoms with E-state index in [4.69, 9.17) is 17.3 Å². The zero-order chi connectivity index (χ0) is 11.6. The summed E-state index contributed by atoms with van der Waals surface area (Å²) in [7, 11) is 1.56. The molecule has 0 spiro atoms. The van der Waals surface area contributed by atoms with Crippen LogP contribution in [0.2, 0.25) is 5.02 Å². The molecule has 0 bridgehead atoms. The topological polar surface area (TPSA) is 55.1 Å². The van der Waals surface area contributed by atoms with E-state index >= 15 is 0 Å². The predicted molar refractivity (Wildman–Crippen MR) is 57.1 cm³/mol. The van der Waals surface area contributed by atoms with Gasteiger partial charge in [0.25, 0.3) is 0 Å². The van der Waals surface area contributed by atoms with E-state index in [-0.39, 0.29) is 0 Å². The number of rotatable bonds is 3. The van der Waals surface area contributed by atoms with Crippen LogP contribution < -0.4 is 11.1 Å². The molecule has 15 heavy (non-hydrogen) atoms. The molecule has 0 fully saturated rings. The van der Waals surface area contributed by atoms with Crippen LogP contribution in [-0.4, -0.2) is 13.0 Å². The summed E-state index contributed by atoms with van der Waals surface area (Å²) in [4.78, 5) is 11.1. The van der Waals surface area contributed by atoms with Gasteiger partial charge in [-0.3, -0.25) is 4.79 Å². The largest absolute Gasteiger partial charge is 0.368 e. The molecule has 1 amide bonds. The first-order valence-corrected chi connectivity index (χ1v) is 4.77. The second-order valence-corrected chi connectivity index (χ2v) is 3.65. The van der Waals surface area contributed by atoms with Crippen LogP contribution in [0.1, 0.15) is 17.2 Å². The molecule has 3 N–H and O–H groups in total. The molecule has 0 aliphatic rings. The van der Waals surface area contributed by atoms with Crippen molar-refractivity contribution in [1.82, 2.24) is 5.32 Å². The number of primary amides is 1. The SMILES string of the molecule is CNC(C(N)=O)c1cc(F)c(C)cc1Cl. The first-order valence-electron chi connectivity index (χ1n) is 4.39. The normalized spacial score (nSPS) is 12.5. The van der Waals surface area contributed by atoms with Gasteiger partial charge in [-0.1, -0.05) is 11.6 Å². The van der Waals surface area contributed by atoms with Crippen LogP contribution in [-0.2, 0) is 4.79 Å². The van der Waals surface area contributed by atoms with Crippen molar-refractivity contribution in [2.24, 2.45) is 5.73 Å². The Labute approximate surface area is 92.4 Å². The molecule has 82 valence electrons. The van der Waals surface area contributed by atoms with E-state index in [1.165, 1.54) is 12.1 Å². The summed E-state index contributed by atoms with van der Waals surface area (Å²) in [6.45, 7) is 1.60. The summed E-state index contributed by atoms with van der Waals surface area (Å²) in [5.41, 5.74) is 5.94. The number of likely N-dealkylation sites (N-methyl/N-ethyl adjacent to an activating group) is 1. The van der Waals surface area contributed by atoms with E-state index in [1.54, 1.807) is 14.0 Å². The van der Waals surface area contributed by atoms with E-state index in [1.807, 2.05) is 0 Å². The van der Waals surface area contributed by atoms with Crippen molar-refractivity contribution < 1.29 is 9.18 Å². The fraction of sp³-hybridized carbons (Fsp3) is 0.300. The van der Waals surface area contributed by atoms with Crippen LogP contribution in [0.3, 0.4) is 0 Å². The average Bonchev–Trinajstić information content (AvgIpc) is 2.14. The number of nitrogens with one attached hydrogen (secondary N) is 1. The van der Waals surface area contributed by atoms with Gasteiger partial charge in [0.2, 0.25) is 5.91 Å². The summed E-state index contributed by atoms with van der Waals surface area (Å²) >= 11 is 5.90. The Morgan fingerprint density at radius 1 is 1.60 bits per heavy atom. The van der Waals surface area contributed by atoms with E-state index in [0.29, 0.717) is 16.1 Å². The van der Waals surface area contributed by atoms with Crippen LogP contribution in [0, 0.1) is 12.7 Å². The minimum absolute atomic E-state index is 0.326. The summed E-state index contributed by atoms with van der Waals surface area (Å²) in [5.74, 6) is -1.00. The van der Waals surface area contributed by atoms with Crippen molar-refractivity contribution in [1.29, 1.82) is 0 Å². The lowest BCUT2D eigenvalue weighted by Gasteiger charge is -2.15. The zero-order valence-corrected chi connectivity index (χ0v) is 9.23. The van der Waals surface area contributed by atoms with Gasteiger partial charge in [-0.05, 0) is 37.2 Å². The van der Waals surface area contributed by atoms with Crippen molar-refractivity contribution in [3.05, 3.63) is 34.1 Å². The van der Waals surface area contributed by atoms with Crippen molar-refractivity contribution in [2.75, 3.05) is 7.05 Å². The number of nitrogens with two attached hydrogens (primary N) is 1. The highest BCUT2D eigenvalue weighted by Crippen LogP contribution is 2.25. The maximum absolute atomic E-state index is 13.3. The van der Waals surface area contributed by atoms with Crippen LogP contribution in [0.5, 0.6) is 0 Å². The third-order valence-corrected chi connectivity index (χ3v) is 2.49. The highest BCUT2D eigenvalue weighted by Gasteiger charge is 2.19. The van der Waals surface area contributed by atoms with Crippen molar-refractivity contribution in [3.63, 3.8) is 0 Å². The average molecular weight is 231 g/mol. The Morgan fingerprint density at radius 3 is 2.67 bits per heavy atom. The predicted octanol–water partition coefficient (Wildman–Crippen LogP) is 1.53. The number of hydrogen-bond acceptors (Lipinski definition) is 2. The number of halogens is 2. The minimum atomic E-state index is -0.771. The number of benzene rings is 1. The van der Waals surface area contributed by atoms with Crippen LogP contribution >= 0.6 is 11.6 Å². The Bertz CT molecular complexity index is 395. The van der Waals surface area contributed by atoms with Crippen molar-refractivity contribution in [3.8, 4) is 0 Å². The summed E-state index contributed by atoms with van der Waals surface area (Å²) < 4.78 is 13.3. The number of hydrogen-bond donors (Lipinski definition) is 2. The van der Waals surface area contributed by atoms with Gasteiger partial charge >= 0.3 is 0 Å². The van der Waals surface area contributed by atoms with Gasteiger partial charge in [0.05, 0.1) is 0 Å². The molecular formula is C10H12ClFN2O. The Hall–Kier alpha value is -1.13. The first kappa shape index (κ1) is 11.9. The minimum Gasteiger partial charge on any atom is -0.368 e. The summed E-state index contributed by atoms with van der Waals surface area (Å²) in [5, 5.41) is 3.01. The fourth-order valence-corrected chi connectivity index (χ4v) is 1.66. The third-order valence-electron chi connectivity index (χ3n) is 2.16. The molecule has 3 nitrogen and oxygen atoms in total. The summed E-state index contributed by atoms with van der Waals surface area (Å²) in [6.07, 6.45) is 0. The number of carbonyl (C=O) groups excluding carboxylic acids is 1. The number of amides is 1. The van der Waals surface area contributed by atoms with Gasteiger partial charge in [0.15, 0.2) is 0 Å². The number of aryl methyl sites for hydroxylation is 1. The molecule has 1 rings (SSSR count). The molecule has 1 aromatic carbocycles. The fourth-order valence-electron chi connectivity index (χ4n) is 1.33. The Morgan fingerprint density at radius 2 is 2.20 bits per heavy atom. The van der Waals surface area contributed by atoms with Gasteiger partial charge in [-0.25, -0.2) is 4.39 Å². The molecular weight excluding hydrogens is 219 g/mol. The highest BCUT2D eigenvalue weighted by molar-refractivity contribution is 6.31. The van der Waals surface area contributed by atoms with Gasteiger partial charge in [0.1, 0.15) is 11.9 Å². The van der Waals surface area contributed by atoms with E-state index in [9.17, 15) is 9.18 Å². The van der Waals surface area contributed by atoms with Crippen molar-refractivity contribution in [2.45, 2.75) is 13.0 Å². The van der Waals surface area contributed by atoms with Gasteiger partial charge < -0.3 is 11.1 Å². The smallest absolute Gasteiger partial charge is 0.239 e. The lowest BCUT2D eigenvalue weighted by atomic mass is 10.0. The molecule has 0 aliphatic carbocycles. The quantitative estimate of drug-likeness (QED) is 0.828. The molecule has 1 atom stereocenters. The molecule has 5 heteroatoms. The van der Waals surface area contributed by atoms with E-state index < -0.39 is 17.8 Å². The zero-order valence-electron chi connectivity index (χ0n) is 8.47. The molecule has 0 saturated carbocycles. The van der Waals surface area contributed by atoms with Gasteiger partial charge in [0, 0.05) is 5.02 Å². The van der Waals surface area contributed by atoms with Crippen LogP contribution in [0.15, 0.2) is 12.1 Å². The lowest BCUT2D eigenvalue weighted by molar-refractivity contribution is -0.120. The van der Waals surface area contributed by atoms with Crippen LogP contribution in [0.4, 0.5) is 4.39 Å². The molecule has 0 saturated heterocycles. The first-order chi connectivity index (χ1) is 6.97. The second kappa shape index (κ2) is 4.59. The molecule has 1 aromatic rings. The maximum Gasteiger partial charge on any atom is 0.239 e. The molecule has 0 aliphatic heterocycles. The third kappa shape index (κ3) is 2.46.